The van der Waals surface area contributed by atoms with Crippen molar-refractivity contribution >= 4 is 0 Å². The Kier molecular flexibility index (Phi) is 2.74. The molecule has 3 rings (SSSR count). The maximum atomic E-state index is 3.73. The van der Waals surface area contributed by atoms with Gasteiger partial charge in [-0.15, -0.1) is 0 Å². The maximum absolute atomic E-state index is 3.73. The Morgan fingerprint density at radius 1 is 1.18 bits per heavy atom. The molecule has 0 aliphatic heterocycles. The summed E-state index contributed by atoms with van der Waals surface area (Å²) in [6.07, 6.45) is 5.51. The minimum absolute atomic E-state index is 0.648. The fourth-order valence-electron chi connectivity index (χ4n) is 2.68. The van der Waals surface area contributed by atoms with Crippen molar-refractivity contribution < 1.29 is 0 Å². The summed E-state index contributed by atoms with van der Waals surface area (Å²) < 4.78 is 0. The van der Waals surface area contributed by atoms with Gasteiger partial charge in [-0.1, -0.05) is 36.8 Å². The van der Waals surface area contributed by atoms with Crippen molar-refractivity contribution in [2.75, 3.05) is 6.54 Å². The van der Waals surface area contributed by atoms with Gasteiger partial charge in [-0.3, -0.25) is 0 Å². The fourth-order valence-corrected chi connectivity index (χ4v) is 2.68. The summed E-state index contributed by atoms with van der Waals surface area (Å²) in [5.41, 5.74) is 3.55. The molecule has 1 N–H and O–H groups in total. The van der Waals surface area contributed by atoms with Crippen molar-refractivity contribution in [1.82, 2.24) is 5.32 Å². The zero-order chi connectivity index (χ0) is 11.9. The predicted octanol–water partition coefficient (Wildman–Crippen LogP) is 3.63. The van der Waals surface area contributed by atoms with E-state index in [0.717, 1.165) is 12.0 Å². The van der Waals surface area contributed by atoms with Crippen LogP contribution in [0.3, 0.4) is 0 Å². The zero-order valence-corrected chi connectivity index (χ0v) is 11.0. The second kappa shape index (κ2) is 4.13. The van der Waals surface area contributed by atoms with Gasteiger partial charge in [-0.2, -0.15) is 0 Å². The van der Waals surface area contributed by atoms with Crippen LogP contribution in [-0.4, -0.2) is 12.6 Å². The van der Waals surface area contributed by atoms with E-state index in [1.807, 2.05) is 0 Å². The Morgan fingerprint density at radius 2 is 1.82 bits per heavy atom. The molecule has 0 amide bonds. The first-order valence-corrected chi connectivity index (χ1v) is 6.95. The molecule has 2 fully saturated rings. The molecule has 0 unspecified atom stereocenters. The largest absolute Gasteiger partial charge is 0.313 e. The summed E-state index contributed by atoms with van der Waals surface area (Å²) in [5.74, 6) is 0.806. The normalized spacial score (nSPS) is 29.8. The SMILES string of the molecule is Cc1ccc(C2CC(NCC3(C)CC3)C2)cc1. The van der Waals surface area contributed by atoms with Gasteiger partial charge >= 0.3 is 0 Å². The van der Waals surface area contributed by atoms with Crippen molar-refractivity contribution in [3.63, 3.8) is 0 Å². The molecule has 0 heterocycles. The monoisotopic (exact) mass is 229 g/mol. The van der Waals surface area contributed by atoms with Gasteiger partial charge in [0.15, 0.2) is 0 Å². The van der Waals surface area contributed by atoms with Crippen molar-refractivity contribution in [3.8, 4) is 0 Å². The number of aryl methyl sites for hydroxylation is 1. The molecule has 0 saturated heterocycles. The van der Waals surface area contributed by atoms with E-state index in [-0.39, 0.29) is 0 Å². The highest BCUT2D eigenvalue weighted by Gasteiger charge is 2.38. The van der Waals surface area contributed by atoms with Crippen LogP contribution in [0.5, 0.6) is 0 Å². The summed E-state index contributed by atoms with van der Waals surface area (Å²) in [5, 5.41) is 3.73. The van der Waals surface area contributed by atoms with Gasteiger partial charge in [-0.05, 0) is 49.5 Å². The lowest BCUT2D eigenvalue weighted by Gasteiger charge is -2.37. The molecule has 0 aromatic heterocycles. The number of hydrogen-bond acceptors (Lipinski definition) is 1. The van der Waals surface area contributed by atoms with Crippen LogP contribution >= 0.6 is 0 Å². The first-order valence-electron chi connectivity index (χ1n) is 6.95. The van der Waals surface area contributed by atoms with Crippen LogP contribution in [0.2, 0.25) is 0 Å². The summed E-state index contributed by atoms with van der Waals surface area (Å²) in [7, 11) is 0. The molecular formula is C16H23N. The van der Waals surface area contributed by atoms with E-state index in [0.29, 0.717) is 5.41 Å². The summed E-state index contributed by atoms with van der Waals surface area (Å²) in [6.45, 7) is 5.79. The number of rotatable bonds is 4. The molecule has 0 spiro atoms. The van der Waals surface area contributed by atoms with E-state index >= 15 is 0 Å². The summed E-state index contributed by atoms with van der Waals surface area (Å²) >= 11 is 0. The Labute approximate surface area is 105 Å². The lowest BCUT2D eigenvalue weighted by Crippen LogP contribution is -2.42. The zero-order valence-electron chi connectivity index (χ0n) is 11.0. The van der Waals surface area contributed by atoms with Crippen molar-refractivity contribution in [3.05, 3.63) is 35.4 Å². The van der Waals surface area contributed by atoms with Crippen LogP contribution < -0.4 is 5.32 Å². The third kappa shape index (κ3) is 2.55. The van der Waals surface area contributed by atoms with Crippen molar-refractivity contribution in [2.24, 2.45) is 5.41 Å². The quantitative estimate of drug-likeness (QED) is 0.831. The number of nitrogens with one attached hydrogen (secondary N) is 1. The van der Waals surface area contributed by atoms with Crippen LogP contribution in [0.15, 0.2) is 24.3 Å². The van der Waals surface area contributed by atoms with E-state index in [4.69, 9.17) is 0 Å². The second-order valence-corrected chi connectivity index (χ2v) is 6.47. The first kappa shape index (κ1) is 11.3. The number of benzene rings is 1. The Bertz CT molecular complexity index is 382. The molecule has 92 valence electrons. The maximum Gasteiger partial charge on any atom is 0.00789 e. The average Bonchev–Trinajstić information content (AvgIpc) is 2.97. The Morgan fingerprint density at radius 3 is 2.41 bits per heavy atom. The van der Waals surface area contributed by atoms with Crippen LogP contribution in [0, 0.1) is 12.3 Å². The predicted molar refractivity (Wildman–Crippen MR) is 72.3 cm³/mol. The third-order valence-corrected chi connectivity index (χ3v) is 4.61. The smallest absolute Gasteiger partial charge is 0.00789 e. The van der Waals surface area contributed by atoms with E-state index < -0.39 is 0 Å². The molecule has 1 nitrogen and oxygen atoms in total. The van der Waals surface area contributed by atoms with Gasteiger partial charge in [0.2, 0.25) is 0 Å². The molecule has 1 heteroatoms. The molecule has 0 atom stereocenters. The highest BCUT2D eigenvalue weighted by molar-refractivity contribution is 5.26. The van der Waals surface area contributed by atoms with Gasteiger partial charge in [0.25, 0.3) is 0 Å². The Hall–Kier alpha value is -0.820. The molecular weight excluding hydrogens is 206 g/mol. The summed E-state index contributed by atoms with van der Waals surface area (Å²) in [6, 6.07) is 9.86. The van der Waals surface area contributed by atoms with E-state index in [1.54, 1.807) is 0 Å². The molecule has 2 aliphatic rings. The topological polar surface area (TPSA) is 12.0 Å². The highest BCUT2D eigenvalue weighted by Crippen LogP contribution is 2.45. The van der Waals surface area contributed by atoms with Crippen LogP contribution in [0.4, 0.5) is 0 Å². The lowest BCUT2D eigenvalue weighted by atomic mass is 9.75. The lowest BCUT2D eigenvalue weighted by molar-refractivity contribution is 0.275. The van der Waals surface area contributed by atoms with E-state index in [9.17, 15) is 0 Å². The molecule has 1 aromatic rings. The van der Waals surface area contributed by atoms with Crippen LogP contribution in [-0.2, 0) is 0 Å². The molecule has 2 aliphatic carbocycles. The van der Waals surface area contributed by atoms with Crippen molar-refractivity contribution in [2.45, 2.75) is 51.5 Å². The van der Waals surface area contributed by atoms with Crippen LogP contribution in [0.1, 0.15) is 49.7 Å². The molecule has 1 aromatic carbocycles. The van der Waals surface area contributed by atoms with Crippen molar-refractivity contribution in [1.29, 1.82) is 0 Å². The second-order valence-electron chi connectivity index (χ2n) is 6.47. The minimum Gasteiger partial charge on any atom is -0.313 e. The van der Waals surface area contributed by atoms with Crippen LogP contribution in [0.25, 0.3) is 0 Å². The Balaban J connectivity index is 1.46. The van der Waals surface area contributed by atoms with Gasteiger partial charge in [0, 0.05) is 12.6 Å². The van der Waals surface area contributed by atoms with E-state index in [1.165, 1.54) is 43.4 Å². The molecule has 17 heavy (non-hydrogen) atoms. The fraction of sp³-hybridized carbons (Fsp3) is 0.625. The molecule has 0 radical (unpaired) electrons. The van der Waals surface area contributed by atoms with Gasteiger partial charge in [0.1, 0.15) is 0 Å². The minimum atomic E-state index is 0.648. The molecule has 0 bridgehead atoms. The average molecular weight is 229 g/mol. The highest BCUT2D eigenvalue weighted by atomic mass is 14.9. The molecule has 2 saturated carbocycles. The van der Waals surface area contributed by atoms with Gasteiger partial charge in [0.05, 0.1) is 0 Å². The standard InChI is InChI=1S/C16H23N/c1-12-3-5-13(6-4-12)14-9-15(10-14)17-11-16(2)7-8-16/h3-6,14-15,17H,7-11H2,1-2H3. The summed E-state index contributed by atoms with van der Waals surface area (Å²) in [4.78, 5) is 0. The third-order valence-electron chi connectivity index (χ3n) is 4.61. The van der Waals surface area contributed by atoms with E-state index in [2.05, 4.69) is 43.4 Å². The first-order chi connectivity index (χ1) is 8.15. The van der Waals surface area contributed by atoms with Gasteiger partial charge in [-0.25, -0.2) is 0 Å². The van der Waals surface area contributed by atoms with Gasteiger partial charge < -0.3 is 5.32 Å². The number of hydrogen-bond donors (Lipinski definition) is 1.